The third-order valence-corrected chi connectivity index (χ3v) is 11.5. The van der Waals surface area contributed by atoms with Gasteiger partial charge in [-0.2, -0.15) is 0 Å². The Hall–Kier alpha value is -5.96. The van der Waals surface area contributed by atoms with Crippen molar-refractivity contribution in [2.45, 2.75) is 52.4 Å². The Labute approximate surface area is 320 Å². The molecule has 5 aromatic carbocycles. The van der Waals surface area contributed by atoms with Crippen molar-refractivity contribution in [3.8, 4) is 23.0 Å². The van der Waals surface area contributed by atoms with E-state index in [2.05, 4.69) is 130 Å². The summed E-state index contributed by atoms with van der Waals surface area (Å²) in [5.74, 6) is 2.96. The van der Waals surface area contributed by atoms with Gasteiger partial charge in [0.05, 0.1) is 22.7 Å². The predicted octanol–water partition coefficient (Wildman–Crippen LogP) is 9.40. The standard InChI is InChI=1S/C46H41BN2O6/c1-45(2,3)26-10-14-34-30(22-26)41-43(54-34)47-40-32(48(41)28-12-16-36-38(24-28)52-20-18-50-36)8-7-9-33(40)49(29-13-17-37-39(25-29)53-21-19-51-37)42-31-23-27(46(4,5)6)11-15-35(31)55-44(42)47/h7-17,22-25H,18-21H2,1-6H3. The largest absolute Gasteiger partial charge is 0.486 e. The number of fused-ring (bicyclic) bond motifs is 10. The van der Waals surface area contributed by atoms with Gasteiger partial charge in [0.15, 0.2) is 23.0 Å². The molecular formula is C46H41BN2O6. The Kier molecular flexibility index (Phi) is 6.67. The van der Waals surface area contributed by atoms with E-state index >= 15 is 0 Å². The molecule has 6 heterocycles. The highest BCUT2D eigenvalue weighted by Crippen LogP contribution is 2.51. The van der Waals surface area contributed by atoms with Gasteiger partial charge in [-0.15, -0.1) is 0 Å². The van der Waals surface area contributed by atoms with Crippen LogP contribution in [0.5, 0.6) is 23.0 Å². The van der Waals surface area contributed by atoms with Gasteiger partial charge < -0.3 is 37.6 Å². The van der Waals surface area contributed by atoms with Crippen molar-refractivity contribution in [2.24, 2.45) is 0 Å². The van der Waals surface area contributed by atoms with Crippen LogP contribution in [0.2, 0.25) is 0 Å². The van der Waals surface area contributed by atoms with Crippen LogP contribution in [0.4, 0.5) is 34.1 Å². The van der Waals surface area contributed by atoms with Crippen LogP contribution < -0.4 is 45.5 Å². The van der Waals surface area contributed by atoms with Crippen LogP contribution in [0.1, 0.15) is 52.7 Å². The fraction of sp³-hybridized carbons (Fsp3) is 0.261. The molecular weight excluding hydrogens is 687 g/mol. The second kappa shape index (κ2) is 11.3. The molecule has 0 radical (unpaired) electrons. The molecule has 7 aromatic rings. The van der Waals surface area contributed by atoms with E-state index in [1.165, 1.54) is 11.1 Å². The van der Waals surface area contributed by atoms with Gasteiger partial charge >= 0.3 is 6.71 Å². The molecule has 0 saturated carbocycles. The number of furan rings is 2. The lowest BCUT2D eigenvalue weighted by molar-refractivity contribution is 0.171. The quantitative estimate of drug-likeness (QED) is 0.163. The summed E-state index contributed by atoms with van der Waals surface area (Å²) in [6.45, 7) is 15.3. The lowest BCUT2D eigenvalue weighted by Crippen LogP contribution is -2.60. The van der Waals surface area contributed by atoms with Crippen LogP contribution in [0.25, 0.3) is 21.9 Å². The van der Waals surface area contributed by atoms with Crippen LogP contribution >= 0.6 is 0 Å². The molecule has 0 amide bonds. The SMILES string of the molecule is CC(C)(C)c1ccc2oc3c(c2c1)N(c1ccc2c(c1)OCCO2)c1cccc2c1B3c1oc3ccc(C(C)(C)C)cc3c1N2c1ccc2c(c1)OCCO2. The molecule has 274 valence electrons. The van der Waals surface area contributed by atoms with E-state index < -0.39 is 0 Å². The number of hydrogen-bond donors (Lipinski definition) is 0. The summed E-state index contributed by atoms with van der Waals surface area (Å²) in [5.41, 5.74) is 12.8. The number of rotatable bonds is 2. The minimum absolute atomic E-state index is 0.0639. The summed E-state index contributed by atoms with van der Waals surface area (Å²) in [4.78, 5) is 4.68. The van der Waals surface area contributed by atoms with Crippen LogP contribution in [0.15, 0.2) is 99.8 Å². The van der Waals surface area contributed by atoms with Gasteiger partial charge in [0.25, 0.3) is 0 Å². The molecule has 0 fully saturated rings. The maximum Gasteiger partial charge on any atom is 0.342 e. The smallest absolute Gasteiger partial charge is 0.342 e. The zero-order chi connectivity index (χ0) is 37.4. The van der Waals surface area contributed by atoms with Crippen molar-refractivity contribution < 1.29 is 27.8 Å². The zero-order valence-corrected chi connectivity index (χ0v) is 31.9. The van der Waals surface area contributed by atoms with E-state index in [1.54, 1.807) is 0 Å². The fourth-order valence-corrected chi connectivity index (χ4v) is 8.72. The molecule has 11 rings (SSSR count). The first-order valence-electron chi connectivity index (χ1n) is 19.2. The van der Waals surface area contributed by atoms with E-state index in [0.29, 0.717) is 26.4 Å². The molecule has 55 heavy (non-hydrogen) atoms. The molecule has 9 heteroatoms. The lowest BCUT2D eigenvalue weighted by Gasteiger charge is -2.40. The molecule has 0 unspecified atom stereocenters. The zero-order valence-electron chi connectivity index (χ0n) is 31.9. The van der Waals surface area contributed by atoms with Crippen molar-refractivity contribution in [1.29, 1.82) is 0 Å². The topological polar surface area (TPSA) is 69.7 Å². The van der Waals surface area contributed by atoms with Gasteiger partial charge in [0, 0.05) is 34.3 Å². The summed E-state index contributed by atoms with van der Waals surface area (Å²) in [5, 5.41) is 2.10. The minimum Gasteiger partial charge on any atom is -0.486 e. The highest BCUT2D eigenvalue weighted by molar-refractivity contribution is 6.99. The predicted molar refractivity (Wildman–Crippen MR) is 219 cm³/mol. The number of ether oxygens (including phenoxy) is 4. The molecule has 0 spiro atoms. The molecule has 0 saturated heterocycles. The summed E-state index contributed by atoms with van der Waals surface area (Å²) < 4.78 is 38.5. The van der Waals surface area contributed by atoms with Crippen LogP contribution in [0, 0.1) is 0 Å². The second-order valence-corrected chi connectivity index (χ2v) is 17.0. The fourth-order valence-electron chi connectivity index (χ4n) is 8.72. The van der Waals surface area contributed by atoms with Gasteiger partial charge in [-0.25, -0.2) is 0 Å². The Morgan fingerprint density at radius 1 is 0.491 bits per heavy atom. The average Bonchev–Trinajstić information content (AvgIpc) is 3.75. The van der Waals surface area contributed by atoms with Crippen molar-refractivity contribution in [3.05, 3.63) is 102 Å². The van der Waals surface area contributed by atoms with E-state index in [-0.39, 0.29) is 17.5 Å². The molecule has 4 aliphatic rings. The van der Waals surface area contributed by atoms with Crippen LogP contribution in [-0.4, -0.2) is 33.1 Å². The van der Waals surface area contributed by atoms with Gasteiger partial charge in [0.2, 0.25) is 0 Å². The second-order valence-electron chi connectivity index (χ2n) is 17.0. The third kappa shape index (κ3) is 4.78. The maximum absolute atomic E-state index is 7.11. The van der Waals surface area contributed by atoms with E-state index in [9.17, 15) is 0 Å². The number of hydrogen-bond acceptors (Lipinski definition) is 8. The maximum atomic E-state index is 7.11. The highest BCUT2D eigenvalue weighted by atomic mass is 16.6. The van der Waals surface area contributed by atoms with Crippen molar-refractivity contribution in [2.75, 3.05) is 36.2 Å². The van der Waals surface area contributed by atoms with E-state index in [1.807, 2.05) is 12.1 Å². The van der Waals surface area contributed by atoms with E-state index in [4.69, 9.17) is 27.8 Å². The summed E-state index contributed by atoms with van der Waals surface area (Å²) in [6.07, 6.45) is 0. The minimum atomic E-state index is -0.325. The summed E-state index contributed by atoms with van der Waals surface area (Å²) in [6, 6.07) is 32.3. The third-order valence-electron chi connectivity index (χ3n) is 11.5. The monoisotopic (exact) mass is 728 g/mol. The Morgan fingerprint density at radius 2 is 0.927 bits per heavy atom. The van der Waals surface area contributed by atoms with Gasteiger partial charge in [-0.05, 0) is 88.1 Å². The summed E-state index contributed by atoms with van der Waals surface area (Å²) >= 11 is 0. The molecule has 0 N–H and O–H groups in total. The first-order chi connectivity index (χ1) is 26.5. The molecule has 0 bridgehead atoms. The van der Waals surface area contributed by atoms with Crippen molar-refractivity contribution >= 4 is 79.6 Å². The Morgan fingerprint density at radius 3 is 1.36 bits per heavy atom. The van der Waals surface area contributed by atoms with Crippen LogP contribution in [-0.2, 0) is 10.8 Å². The van der Waals surface area contributed by atoms with E-state index in [0.717, 1.165) is 95.8 Å². The first-order valence-corrected chi connectivity index (χ1v) is 19.2. The number of benzene rings is 5. The molecule has 0 aliphatic carbocycles. The molecule has 2 aromatic heterocycles. The number of nitrogens with zero attached hydrogens (tertiary/aromatic N) is 2. The molecule has 8 nitrogen and oxygen atoms in total. The first kappa shape index (κ1) is 32.5. The van der Waals surface area contributed by atoms with Gasteiger partial charge in [0.1, 0.15) is 48.9 Å². The Balaban J connectivity index is 1.24. The normalized spacial score (nSPS) is 15.6. The van der Waals surface area contributed by atoms with Gasteiger partial charge in [-0.3, -0.25) is 0 Å². The van der Waals surface area contributed by atoms with Gasteiger partial charge in [-0.1, -0.05) is 59.7 Å². The molecule has 0 atom stereocenters. The lowest BCUT2D eigenvalue weighted by atomic mass is 9.37. The molecule has 4 aliphatic heterocycles. The van der Waals surface area contributed by atoms with Crippen molar-refractivity contribution in [3.63, 3.8) is 0 Å². The average molecular weight is 729 g/mol. The number of anilines is 6. The summed E-state index contributed by atoms with van der Waals surface area (Å²) in [7, 11) is 0. The van der Waals surface area contributed by atoms with Crippen molar-refractivity contribution in [1.82, 2.24) is 0 Å². The Bertz CT molecular complexity index is 2550. The van der Waals surface area contributed by atoms with Crippen LogP contribution in [0.3, 0.4) is 0 Å². The highest BCUT2D eigenvalue weighted by Gasteiger charge is 2.50.